The summed E-state index contributed by atoms with van der Waals surface area (Å²) in [7, 11) is 0. The summed E-state index contributed by atoms with van der Waals surface area (Å²) >= 11 is 0. The van der Waals surface area contributed by atoms with Crippen molar-refractivity contribution in [2.24, 2.45) is 5.41 Å². The third-order valence-electron chi connectivity index (χ3n) is 4.68. The van der Waals surface area contributed by atoms with Crippen LogP contribution in [-0.4, -0.2) is 44.7 Å². The van der Waals surface area contributed by atoms with Crippen molar-refractivity contribution >= 4 is 5.97 Å². The highest BCUT2D eigenvalue weighted by molar-refractivity contribution is 5.73. The van der Waals surface area contributed by atoms with E-state index in [1.807, 2.05) is 6.08 Å². The maximum atomic E-state index is 11.0. The van der Waals surface area contributed by atoms with Gasteiger partial charge in [-0.2, -0.15) is 0 Å². The molecule has 5 heteroatoms. The summed E-state index contributed by atoms with van der Waals surface area (Å²) in [5, 5.41) is 38.8. The Morgan fingerprint density at radius 3 is 2.24 bits per heavy atom. The van der Waals surface area contributed by atoms with E-state index in [-0.39, 0.29) is 0 Å². The molecule has 0 rings (SSSR count). The van der Waals surface area contributed by atoms with Crippen molar-refractivity contribution in [3.05, 3.63) is 12.2 Å². The van der Waals surface area contributed by atoms with Crippen LogP contribution < -0.4 is 0 Å². The summed E-state index contributed by atoms with van der Waals surface area (Å²) in [6, 6.07) is 0. The number of hydrogen-bond donors (Lipinski definition) is 4. The van der Waals surface area contributed by atoms with E-state index >= 15 is 0 Å². The van der Waals surface area contributed by atoms with Gasteiger partial charge in [-0.25, -0.2) is 0 Å². The van der Waals surface area contributed by atoms with Crippen LogP contribution in [0.25, 0.3) is 0 Å². The van der Waals surface area contributed by atoms with Gasteiger partial charge in [-0.15, -0.1) is 0 Å². The summed E-state index contributed by atoms with van der Waals surface area (Å²) in [6.07, 6.45) is 8.96. The van der Waals surface area contributed by atoms with E-state index in [1.165, 1.54) is 0 Å². The predicted octanol–water partition coefficient (Wildman–Crippen LogP) is 3.66. The molecule has 5 nitrogen and oxygen atoms in total. The first-order valence-electron chi connectivity index (χ1n) is 9.66. The smallest absolute Gasteiger partial charge is 0.309 e. The molecule has 0 spiro atoms. The molecule has 0 aromatic rings. The summed E-state index contributed by atoms with van der Waals surface area (Å²) in [5.74, 6) is -0.775. The zero-order valence-electron chi connectivity index (χ0n) is 16.2. The number of aliphatic hydroxyl groups excluding tert-OH is 3. The molecule has 0 aromatic heterocycles. The highest BCUT2D eigenvalue weighted by Crippen LogP contribution is 2.24. The Hall–Kier alpha value is -0.910. The van der Waals surface area contributed by atoms with Crippen LogP contribution in [0, 0.1) is 5.41 Å². The van der Waals surface area contributed by atoms with Crippen molar-refractivity contribution in [3.8, 4) is 0 Å². The average molecular weight is 359 g/mol. The minimum absolute atomic E-state index is 0.435. The first-order valence-corrected chi connectivity index (χ1v) is 9.66. The standard InChI is InChI=1S/C20H38O5/c1-4-5-6-7-10-13-16(21)18(23)17(22)14-11-8-9-12-15-20(2,3)19(24)25/h10,13,16-18,21-23H,4-9,11-12,14-15H2,1-3H3,(H,24,25)/b13-10-. The topological polar surface area (TPSA) is 98.0 Å². The Morgan fingerprint density at radius 1 is 1.00 bits per heavy atom. The van der Waals surface area contributed by atoms with Crippen LogP contribution in [0.5, 0.6) is 0 Å². The van der Waals surface area contributed by atoms with Crippen LogP contribution in [0.1, 0.15) is 85.0 Å². The normalized spacial score (nSPS) is 16.1. The lowest BCUT2D eigenvalue weighted by atomic mass is 9.87. The average Bonchev–Trinajstić information content (AvgIpc) is 2.56. The predicted molar refractivity (Wildman–Crippen MR) is 100 cm³/mol. The maximum absolute atomic E-state index is 11.0. The zero-order valence-corrected chi connectivity index (χ0v) is 16.2. The second-order valence-electron chi connectivity index (χ2n) is 7.61. The van der Waals surface area contributed by atoms with Crippen LogP contribution in [-0.2, 0) is 4.79 Å². The van der Waals surface area contributed by atoms with Crippen LogP contribution in [0.2, 0.25) is 0 Å². The lowest BCUT2D eigenvalue weighted by Crippen LogP contribution is -2.36. The molecule has 0 aliphatic heterocycles. The molecule has 0 aromatic carbocycles. The molecule has 0 heterocycles. The molecule has 0 aliphatic carbocycles. The minimum Gasteiger partial charge on any atom is -0.481 e. The molecule has 0 saturated heterocycles. The van der Waals surface area contributed by atoms with Crippen molar-refractivity contribution in [2.75, 3.05) is 0 Å². The van der Waals surface area contributed by atoms with Gasteiger partial charge >= 0.3 is 5.97 Å². The molecule has 0 amide bonds. The fourth-order valence-corrected chi connectivity index (χ4v) is 2.64. The van der Waals surface area contributed by atoms with E-state index in [0.717, 1.165) is 51.4 Å². The van der Waals surface area contributed by atoms with Gasteiger partial charge in [0.2, 0.25) is 0 Å². The molecule has 0 bridgehead atoms. The molecule has 0 radical (unpaired) electrons. The maximum Gasteiger partial charge on any atom is 0.309 e. The van der Waals surface area contributed by atoms with E-state index in [9.17, 15) is 20.1 Å². The number of allylic oxidation sites excluding steroid dienone is 1. The van der Waals surface area contributed by atoms with Crippen molar-refractivity contribution in [3.63, 3.8) is 0 Å². The number of carbonyl (C=O) groups is 1. The molecular formula is C20H38O5. The molecule has 25 heavy (non-hydrogen) atoms. The van der Waals surface area contributed by atoms with E-state index < -0.39 is 29.7 Å². The number of rotatable bonds is 15. The molecular weight excluding hydrogens is 320 g/mol. The van der Waals surface area contributed by atoms with E-state index in [2.05, 4.69) is 6.92 Å². The number of hydrogen-bond acceptors (Lipinski definition) is 4. The van der Waals surface area contributed by atoms with Crippen LogP contribution in [0.3, 0.4) is 0 Å². The van der Waals surface area contributed by atoms with Gasteiger partial charge in [-0.3, -0.25) is 4.79 Å². The summed E-state index contributed by atoms with van der Waals surface area (Å²) in [6.45, 7) is 5.59. The monoisotopic (exact) mass is 358 g/mol. The van der Waals surface area contributed by atoms with E-state index in [0.29, 0.717) is 12.8 Å². The lowest BCUT2D eigenvalue weighted by Gasteiger charge is -2.21. The van der Waals surface area contributed by atoms with E-state index in [1.54, 1.807) is 19.9 Å². The van der Waals surface area contributed by atoms with Crippen molar-refractivity contribution in [1.82, 2.24) is 0 Å². The van der Waals surface area contributed by atoms with Gasteiger partial charge in [-0.05, 0) is 39.5 Å². The summed E-state index contributed by atoms with van der Waals surface area (Å²) in [5.41, 5.74) is -0.691. The Bertz CT molecular complexity index is 378. The number of unbranched alkanes of at least 4 members (excludes halogenated alkanes) is 6. The first kappa shape index (κ1) is 24.1. The molecule has 0 fully saturated rings. The molecule has 0 saturated carbocycles. The number of carboxylic acid groups (broad SMARTS) is 1. The van der Waals surface area contributed by atoms with Gasteiger partial charge in [0.1, 0.15) is 12.2 Å². The van der Waals surface area contributed by atoms with Crippen molar-refractivity contribution < 1.29 is 25.2 Å². The van der Waals surface area contributed by atoms with Gasteiger partial charge < -0.3 is 20.4 Å². The van der Waals surface area contributed by atoms with Gasteiger partial charge in [0.15, 0.2) is 0 Å². The number of aliphatic carboxylic acids is 1. The van der Waals surface area contributed by atoms with Crippen LogP contribution >= 0.6 is 0 Å². The largest absolute Gasteiger partial charge is 0.481 e. The van der Waals surface area contributed by atoms with Crippen molar-refractivity contribution in [2.45, 2.75) is 103 Å². The van der Waals surface area contributed by atoms with Crippen LogP contribution in [0.4, 0.5) is 0 Å². The lowest BCUT2D eigenvalue weighted by molar-refractivity contribution is -0.147. The highest BCUT2D eigenvalue weighted by atomic mass is 16.4. The third-order valence-corrected chi connectivity index (χ3v) is 4.68. The SMILES string of the molecule is CCCCC/C=C\C(O)C(O)C(O)CCCCCCC(C)(C)C(=O)O. The molecule has 148 valence electrons. The van der Waals surface area contributed by atoms with Gasteiger partial charge in [0.25, 0.3) is 0 Å². The molecule has 3 atom stereocenters. The number of carboxylic acids is 1. The van der Waals surface area contributed by atoms with Gasteiger partial charge in [0.05, 0.1) is 11.5 Å². The Labute approximate surface area is 152 Å². The highest BCUT2D eigenvalue weighted by Gasteiger charge is 2.26. The Balaban J connectivity index is 3.86. The molecule has 0 aliphatic rings. The minimum atomic E-state index is -1.16. The number of aliphatic hydroxyl groups is 3. The van der Waals surface area contributed by atoms with E-state index in [4.69, 9.17) is 5.11 Å². The van der Waals surface area contributed by atoms with Gasteiger partial charge in [0, 0.05) is 0 Å². The second kappa shape index (κ2) is 13.3. The third kappa shape index (κ3) is 11.3. The molecule has 4 N–H and O–H groups in total. The molecule has 3 unspecified atom stereocenters. The fourth-order valence-electron chi connectivity index (χ4n) is 2.64. The quantitative estimate of drug-likeness (QED) is 0.264. The fraction of sp³-hybridized carbons (Fsp3) is 0.850. The summed E-state index contributed by atoms with van der Waals surface area (Å²) < 4.78 is 0. The Kier molecular flexibility index (Phi) is 12.8. The van der Waals surface area contributed by atoms with Gasteiger partial charge in [-0.1, -0.05) is 57.6 Å². The van der Waals surface area contributed by atoms with Crippen LogP contribution in [0.15, 0.2) is 12.2 Å². The Morgan fingerprint density at radius 2 is 1.64 bits per heavy atom. The zero-order chi connectivity index (χ0) is 19.3. The summed E-state index contributed by atoms with van der Waals surface area (Å²) in [4.78, 5) is 11.0. The second-order valence-corrected chi connectivity index (χ2v) is 7.61. The van der Waals surface area contributed by atoms with Crippen molar-refractivity contribution in [1.29, 1.82) is 0 Å². The first-order chi connectivity index (χ1) is 11.7.